The highest BCUT2D eigenvalue weighted by Gasteiger charge is 2.42. The lowest BCUT2D eigenvalue weighted by Gasteiger charge is -2.30. The van der Waals surface area contributed by atoms with Gasteiger partial charge in [-0.25, -0.2) is 19.5 Å². The zero-order valence-electron chi connectivity index (χ0n) is 21.7. The van der Waals surface area contributed by atoms with Crippen molar-refractivity contribution in [1.82, 2.24) is 9.66 Å². The van der Waals surface area contributed by atoms with Crippen molar-refractivity contribution in [2.45, 2.75) is 45.8 Å². The molecule has 1 atom stereocenters. The van der Waals surface area contributed by atoms with Crippen LogP contribution in [0.5, 0.6) is 0 Å². The molecule has 1 unspecified atom stereocenters. The fourth-order valence-electron chi connectivity index (χ4n) is 5.24. The van der Waals surface area contributed by atoms with Crippen LogP contribution in [0.25, 0.3) is 22.4 Å². The van der Waals surface area contributed by atoms with Crippen molar-refractivity contribution < 1.29 is 9.59 Å². The van der Waals surface area contributed by atoms with Crippen LogP contribution in [-0.4, -0.2) is 27.8 Å². The van der Waals surface area contributed by atoms with Crippen LogP contribution in [-0.2, 0) is 6.54 Å². The Morgan fingerprint density at radius 1 is 0.895 bits per heavy atom. The Labute approximate surface area is 222 Å². The first-order chi connectivity index (χ1) is 18.4. The van der Waals surface area contributed by atoms with Crippen LogP contribution >= 0.6 is 0 Å². The first kappa shape index (κ1) is 25.1. The predicted molar refractivity (Wildman–Crippen MR) is 150 cm³/mol. The molecule has 0 fully saturated rings. The van der Waals surface area contributed by atoms with E-state index in [-0.39, 0.29) is 6.17 Å². The number of benzene rings is 3. The third kappa shape index (κ3) is 4.49. The minimum Gasteiger partial charge on any atom is -0.366 e. The van der Waals surface area contributed by atoms with Gasteiger partial charge in [-0.3, -0.25) is 4.79 Å². The number of aryl methyl sites for hydroxylation is 1. The third-order valence-corrected chi connectivity index (χ3v) is 7.03. The highest BCUT2D eigenvalue weighted by molar-refractivity contribution is 5.99. The summed E-state index contributed by atoms with van der Waals surface area (Å²) in [5.41, 5.74) is 17.5. The Bertz CT molecular complexity index is 1460. The second kappa shape index (κ2) is 10.4. The Morgan fingerprint density at radius 3 is 2.24 bits per heavy atom. The van der Waals surface area contributed by atoms with Crippen molar-refractivity contribution in [2.24, 2.45) is 11.5 Å². The summed E-state index contributed by atoms with van der Waals surface area (Å²) >= 11 is 0. The van der Waals surface area contributed by atoms with E-state index in [2.05, 4.69) is 11.8 Å². The van der Waals surface area contributed by atoms with E-state index in [9.17, 15) is 9.59 Å². The minimum absolute atomic E-state index is 0.256. The number of imidazole rings is 1. The molecule has 3 aromatic carbocycles. The first-order valence-corrected chi connectivity index (χ1v) is 12.9. The fourth-order valence-corrected chi connectivity index (χ4v) is 5.24. The first-order valence-electron chi connectivity index (χ1n) is 12.9. The molecule has 4 N–H and O–H groups in total. The molecule has 3 amide bonds. The maximum atomic E-state index is 12.9. The van der Waals surface area contributed by atoms with Crippen molar-refractivity contribution >= 4 is 17.9 Å². The van der Waals surface area contributed by atoms with E-state index in [1.54, 1.807) is 17.1 Å². The molecule has 38 heavy (non-hydrogen) atoms. The number of nitrogens with two attached hydrogens (primary N) is 2. The second-order valence-electron chi connectivity index (χ2n) is 9.56. The number of anilines is 1. The summed E-state index contributed by atoms with van der Waals surface area (Å²) in [6.45, 7) is 4.63. The SMILES string of the molecule is CCCCC1N(Cc2ccc(-c3ccccc3C(N)=O)cc2)c2nc(C)c(-c3ccccc3)n2N1C(N)=O. The number of nitrogens with zero attached hydrogens (tertiary/aromatic N) is 4. The normalized spacial score (nSPS) is 14.5. The highest BCUT2D eigenvalue weighted by Crippen LogP contribution is 2.38. The molecule has 5 rings (SSSR count). The molecule has 2 heterocycles. The topological polar surface area (TPSA) is 110 Å². The van der Waals surface area contributed by atoms with Crippen LogP contribution in [0.2, 0.25) is 0 Å². The van der Waals surface area contributed by atoms with E-state index in [1.165, 1.54) is 0 Å². The number of aromatic nitrogens is 2. The van der Waals surface area contributed by atoms with Gasteiger partial charge in [-0.1, -0.05) is 86.1 Å². The van der Waals surface area contributed by atoms with Crippen LogP contribution in [0.3, 0.4) is 0 Å². The van der Waals surface area contributed by atoms with Crippen LogP contribution in [0.4, 0.5) is 10.7 Å². The second-order valence-corrected chi connectivity index (χ2v) is 9.56. The van der Waals surface area contributed by atoms with Gasteiger partial charge in [-0.05, 0) is 42.5 Å². The van der Waals surface area contributed by atoms with Gasteiger partial charge in [0.15, 0.2) is 0 Å². The Morgan fingerprint density at radius 2 is 1.58 bits per heavy atom. The third-order valence-electron chi connectivity index (χ3n) is 7.03. The fraction of sp³-hybridized carbons (Fsp3) is 0.233. The molecule has 194 valence electrons. The van der Waals surface area contributed by atoms with E-state index in [0.29, 0.717) is 18.1 Å². The van der Waals surface area contributed by atoms with Crippen LogP contribution in [0.15, 0.2) is 78.9 Å². The van der Waals surface area contributed by atoms with Gasteiger partial charge >= 0.3 is 6.03 Å². The van der Waals surface area contributed by atoms with Crippen molar-refractivity contribution in [2.75, 3.05) is 9.91 Å². The van der Waals surface area contributed by atoms with Crippen molar-refractivity contribution in [1.29, 1.82) is 0 Å². The monoisotopic (exact) mass is 508 g/mol. The highest BCUT2D eigenvalue weighted by atomic mass is 16.2. The number of fused-ring (bicyclic) bond motifs is 1. The zero-order valence-corrected chi connectivity index (χ0v) is 21.7. The summed E-state index contributed by atoms with van der Waals surface area (Å²) in [4.78, 5) is 31.8. The van der Waals surface area contributed by atoms with E-state index in [1.807, 2.05) is 78.3 Å². The van der Waals surface area contributed by atoms with Gasteiger partial charge in [0.2, 0.25) is 11.9 Å². The molecule has 0 aliphatic carbocycles. The van der Waals surface area contributed by atoms with Crippen molar-refractivity contribution in [3.8, 4) is 22.4 Å². The number of urea groups is 1. The van der Waals surface area contributed by atoms with E-state index in [4.69, 9.17) is 16.5 Å². The summed E-state index contributed by atoms with van der Waals surface area (Å²) in [5.74, 6) is 0.243. The molecule has 8 heteroatoms. The number of hydrogen-bond acceptors (Lipinski definition) is 4. The lowest BCUT2D eigenvalue weighted by atomic mass is 9.98. The maximum Gasteiger partial charge on any atom is 0.336 e. The summed E-state index contributed by atoms with van der Waals surface area (Å²) in [6, 6.07) is 24.8. The number of carbonyl (C=O) groups is 2. The molecular weight excluding hydrogens is 476 g/mol. The average molecular weight is 509 g/mol. The quantitative estimate of drug-likeness (QED) is 0.342. The average Bonchev–Trinajstić information content (AvgIpc) is 3.40. The molecule has 0 spiro atoms. The molecule has 0 bridgehead atoms. The molecule has 0 saturated carbocycles. The van der Waals surface area contributed by atoms with Crippen molar-refractivity contribution in [3.63, 3.8) is 0 Å². The van der Waals surface area contributed by atoms with Gasteiger partial charge in [0.05, 0.1) is 11.4 Å². The van der Waals surface area contributed by atoms with E-state index in [0.717, 1.165) is 52.9 Å². The number of unbranched alkanes of at least 4 members (excludes halogenated alkanes) is 1. The summed E-state index contributed by atoms with van der Waals surface area (Å²) in [7, 11) is 0. The molecule has 4 aromatic rings. The summed E-state index contributed by atoms with van der Waals surface area (Å²) < 4.78 is 1.88. The molecule has 1 aliphatic rings. The predicted octanol–water partition coefficient (Wildman–Crippen LogP) is 5.18. The smallest absolute Gasteiger partial charge is 0.336 e. The standard InChI is InChI=1S/C30H32N6O2/c1-3-4-14-26-34(19-21-15-17-22(18-16-21)24-12-8-9-13-25(24)28(31)37)30-33-20(2)27(23-10-6-5-7-11-23)36(30)35(26)29(32)38/h5-13,15-18,26H,3-4,14,19H2,1-2H3,(H2,31,37)(H2,32,38). The Balaban J connectivity index is 1.53. The number of rotatable bonds is 8. The largest absolute Gasteiger partial charge is 0.366 e. The molecule has 1 aromatic heterocycles. The lowest BCUT2D eigenvalue weighted by molar-refractivity contribution is 0.100. The Hall–Kier alpha value is -4.59. The van der Waals surface area contributed by atoms with Gasteiger partial charge in [-0.15, -0.1) is 0 Å². The maximum absolute atomic E-state index is 12.9. The van der Waals surface area contributed by atoms with E-state index >= 15 is 0 Å². The molecule has 0 radical (unpaired) electrons. The molecule has 1 aliphatic heterocycles. The van der Waals surface area contributed by atoms with Crippen LogP contribution < -0.4 is 21.4 Å². The van der Waals surface area contributed by atoms with Crippen LogP contribution in [0, 0.1) is 6.92 Å². The zero-order chi connectivity index (χ0) is 26.8. The van der Waals surface area contributed by atoms with Crippen molar-refractivity contribution in [3.05, 3.63) is 95.7 Å². The molecule has 0 saturated heterocycles. The summed E-state index contributed by atoms with van der Waals surface area (Å²) in [5, 5.41) is 1.64. The number of hydrogen-bond donors (Lipinski definition) is 2. The van der Waals surface area contributed by atoms with Crippen LogP contribution in [0.1, 0.15) is 47.8 Å². The minimum atomic E-state index is -0.511. The number of amides is 3. The molecule has 8 nitrogen and oxygen atoms in total. The lowest BCUT2D eigenvalue weighted by Crippen LogP contribution is -2.52. The molecular formula is C30H32N6O2. The van der Waals surface area contributed by atoms with E-state index < -0.39 is 11.9 Å². The van der Waals surface area contributed by atoms with Gasteiger partial charge in [-0.2, -0.15) is 0 Å². The van der Waals surface area contributed by atoms with Gasteiger partial charge in [0, 0.05) is 17.7 Å². The number of primary amides is 2. The Kier molecular flexibility index (Phi) is 6.87. The van der Waals surface area contributed by atoms with Gasteiger partial charge in [0.25, 0.3) is 0 Å². The van der Waals surface area contributed by atoms with Gasteiger partial charge in [0.1, 0.15) is 6.17 Å². The number of carbonyl (C=O) groups excluding carboxylic acids is 2. The summed E-state index contributed by atoms with van der Waals surface area (Å²) in [6.07, 6.45) is 2.45. The van der Waals surface area contributed by atoms with Gasteiger partial charge < -0.3 is 16.4 Å².